The number of amides is 1. The molecule has 1 fully saturated rings. The van der Waals surface area contributed by atoms with Crippen LogP contribution in [0.5, 0.6) is 11.5 Å². The van der Waals surface area contributed by atoms with Crippen LogP contribution in [0.4, 0.5) is 0 Å². The molecule has 1 aliphatic heterocycles. The fraction of sp³-hybridized carbons (Fsp3) is 0.345. The fourth-order valence-electron chi connectivity index (χ4n) is 4.44. The van der Waals surface area contributed by atoms with Gasteiger partial charge in [0.15, 0.2) is 0 Å². The number of carbonyl (C=O) groups is 1. The lowest BCUT2D eigenvalue weighted by atomic mass is 10.1. The summed E-state index contributed by atoms with van der Waals surface area (Å²) >= 11 is 6.13. The van der Waals surface area contributed by atoms with Crippen LogP contribution in [0.15, 0.2) is 66.7 Å². The van der Waals surface area contributed by atoms with Crippen molar-refractivity contribution in [1.82, 2.24) is 9.80 Å². The van der Waals surface area contributed by atoms with Gasteiger partial charge in [-0.2, -0.15) is 0 Å². The summed E-state index contributed by atoms with van der Waals surface area (Å²) < 4.78 is 17.1. The van der Waals surface area contributed by atoms with Crippen LogP contribution in [0.2, 0.25) is 5.02 Å². The third kappa shape index (κ3) is 6.58. The first kappa shape index (κ1) is 26.0. The Bertz CT molecular complexity index is 1160. The van der Waals surface area contributed by atoms with E-state index in [1.54, 1.807) is 32.4 Å². The molecule has 0 aliphatic carbocycles. The predicted molar refractivity (Wildman–Crippen MR) is 142 cm³/mol. The molecule has 1 unspecified atom stereocenters. The van der Waals surface area contributed by atoms with E-state index in [-0.39, 0.29) is 12.0 Å². The number of aryl methyl sites for hydroxylation is 1. The summed E-state index contributed by atoms with van der Waals surface area (Å²) in [5.74, 6) is 1.15. The Hall–Kier alpha value is -3.06. The molecule has 36 heavy (non-hydrogen) atoms. The molecule has 6 nitrogen and oxygen atoms in total. The molecular weight excluding hydrogens is 476 g/mol. The van der Waals surface area contributed by atoms with E-state index in [4.69, 9.17) is 25.8 Å². The van der Waals surface area contributed by atoms with Crippen molar-refractivity contribution in [3.8, 4) is 11.5 Å². The standard InChI is InChI=1S/C29H33ClN2O4/c1-21-5-4-6-22(17-21)20-36-28(23-7-9-24(30)10-8-23)19-31-13-15-32(16-14-31)29(33)26-12-11-25(34-2)18-27(26)35-3/h4-12,17-18,28H,13-16,19-20H2,1-3H3. The maximum Gasteiger partial charge on any atom is 0.257 e. The lowest BCUT2D eigenvalue weighted by Crippen LogP contribution is -2.49. The molecule has 1 heterocycles. The molecule has 0 radical (unpaired) electrons. The van der Waals surface area contributed by atoms with Gasteiger partial charge in [0, 0.05) is 43.8 Å². The number of carbonyl (C=O) groups excluding carboxylic acids is 1. The molecule has 1 aliphatic rings. The van der Waals surface area contributed by atoms with Gasteiger partial charge in [-0.3, -0.25) is 9.69 Å². The molecule has 3 aromatic carbocycles. The Balaban J connectivity index is 1.40. The predicted octanol–water partition coefficient (Wildman–Crippen LogP) is 5.38. The van der Waals surface area contributed by atoms with E-state index in [0.29, 0.717) is 41.8 Å². The highest BCUT2D eigenvalue weighted by Crippen LogP contribution is 2.27. The molecule has 0 bridgehead atoms. The zero-order valence-electron chi connectivity index (χ0n) is 21.1. The number of rotatable bonds is 9. The first-order valence-corrected chi connectivity index (χ1v) is 12.5. The van der Waals surface area contributed by atoms with Gasteiger partial charge in [-0.1, -0.05) is 53.6 Å². The molecule has 0 aromatic heterocycles. The topological polar surface area (TPSA) is 51.2 Å². The third-order valence-corrected chi connectivity index (χ3v) is 6.75. The Morgan fingerprint density at radius 3 is 2.36 bits per heavy atom. The maximum atomic E-state index is 13.2. The van der Waals surface area contributed by atoms with Crippen LogP contribution in [-0.2, 0) is 11.3 Å². The largest absolute Gasteiger partial charge is 0.497 e. The Morgan fingerprint density at radius 2 is 1.69 bits per heavy atom. The second-order valence-electron chi connectivity index (χ2n) is 9.00. The van der Waals surface area contributed by atoms with Crippen LogP contribution in [-0.4, -0.2) is 62.7 Å². The molecule has 1 saturated heterocycles. The van der Waals surface area contributed by atoms with Crippen molar-refractivity contribution in [3.05, 3.63) is 94.0 Å². The van der Waals surface area contributed by atoms with Crippen LogP contribution in [0.3, 0.4) is 0 Å². The summed E-state index contributed by atoms with van der Waals surface area (Å²) in [7, 11) is 3.16. The number of piperazine rings is 1. The number of ether oxygens (including phenoxy) is 3. The van der Waals surface area contributed by atoms with Gasteiger partial charge in [-0.15, -0.1) is 0 Å². The number of nitrogens with zero attached hydrogens (tertiary/aromatic N) is 2. The minimum atomic E-state index is -0.105. The van der Waals surface area contributed by atoms with Crippen LogP contribution in [0.25, 0.3) is 0 Å². The lowest BCUT2D eigenvalue weighted by Gasteiger charge is -2.36. The Kier molecular flexibility index (Phi) is 8.86. The van der Waals surface area contributed by atoms with Gasteiger partial charge in [0.25, 0.3) is 5.91 Å². The molecule has 1 atom stereocenters. The minimum Gasteiger partial charge on any atom is -0.497 e. The van der Waals surface area contributed by atoms with Gasteiger partial charge in [-0.05, 0) is 42.3 Å². The van der Waals surface area contributed by atoms with E-state index in [0.717, 1.165) is 30.8 Å². The zero-order valence-corrected chi connectivity index (χ0v) is 21.8. The monoisotopic (exact) mass is 508 g/mol. The minimum absolute atomic E-state index is 0.0286. The van der Waals surface area contributed by atoms with Crippen molar-refractivity contribution in [1.29, 1.82) is 0 Å². The van der Waals surface area contributed by atoms with E-state index >= 15 is 0 Å². The van der Waals surface area contributed by atoms with E-state index in [1.807, 2.05) is 29.2 Å². The lowest BCUT2D eigenvalue weighted by molar-refractivity contribution is 0.00338. The quantitative estimate of drug-likeness (QED) is 0.388. The number of benzene rings is 3. The van der Waals surface area contributed by atoms with Crippen LogP contribution in [0.1, 0.15) is 33.2 Å². The van der Waals surface area contributed by atoms with Crippen molar-refractivity contribution < 1.29 is 19.0 Å². The smallest absolute Gasteiger partial charge is 0.257 e. The van der Waals surface area contributed by atoms with E-state index in [1.165, 1.54) is 5.56 Å². The average molecular weight is 509 g/mol. The van der Waals surface area contributed by atoms with Gasteiger partial charge < -0.3 is 19.1 Å². The van der Waals surface area contributed by atoms with Gasteiger partial charge in [0.2, 0.25) is 0 Å². The summed E-state index contributed by atoms with van der Waals surface area (Å²) in [6, 6.07) is 21.5. The summed E-state index contributed by atoms with van der Waals surface area (Å²) in [5, 5.41) is 0.706. The number of methoxy groups -OCH3 is 2. The molecule has 7 heteroatoms. The van der Waals surface area contributed by atoms with E-state index in [2.05, 4.69) is 36.1 Å². The van der Waals surface area contributed by atoms with Gasteiger partial charge >= 0.3 is 0 Å². The molecule has 4 rings (SSSR count). The highest BCUT2D eigenvalue weighted by molar-refractivity contribution is 6.30. The Morgan fingerprint density at radius 1 is 0.944 bits per heavy atom. The number of halogens is 1. The summed E-state index contributed by atoms with van der Waals surface area (Å²) in [4.78, 5) is 17.4. The second-order valence-corrected chi connectivity index (χ2v) is 9.44. The number of hydrogen-bond acceptors (Lipinski definition) is 5. The Labute approximate surface area is 218 Å². The highest BCUT2D eigenvalue weighted by Gasteiger charge is 2.26. The third-order valence-electron chi connectivity index (χ3n) is 6.50. The van der Waals surface area contributed by atoms with Crippen molar-refractivity contribution in [2.45, 2.75) is 19.6 Å². The van der Waals surface area contributed by atoms with E-state index in [9.17, 15) is 4.79 Å². The van der Waals surface area contributed by atoms with Crippen LogP contribution < -0.4 is 9.47 Å². The molecule has 3 aromatic rings. The number of hydrogen-bond donors (Lipinski definition) is 0. The molecular formula is C29H33ClN2O4. The summed E-state index contributed by atoms with van der Waals surface area (Å²) in [5.41, 5.74) is 4.01. The maximum absolute atomic E-state index is 13.2. The van der Waals surface area contributed by atoms with Crippen molar-refractivity contribution >= 4 is 17.5 Å². The van der Waals surface area contributed by atoms with Crippen LogP contribution in [0, 0.1) is 6.92 Å². The zero-order chi connectivity index (χ0) is 25.5. The fourth-order valence-corrected chi connectivity index (χ4v) is 4.57. The van der Waals surface area contributed by atoms with Gasteiger partial charge in [0.1, 0.15) is 11.5 Å². The second kappa shape index (κ2) is 12.3. The first-order valence-electron chi connectivity index (χ1n) is 12.1. The highest BCUT2D eigenvalue weighted by atomic mass is 35.5. The average Bonchev–Trinajstić information content (AvgIpc) is 2.91. The molecule has 0 saturated carbocycles. The van der Waals surface area contributed by atoms with Crippen molar-refractivity contribution in [2.24, 2.45) is 0 Å². The normalized spacial score (nSPS) is 14.9. The van der Waals surface area contributed by atoms with Crippen LogP contribution >= 0.6 is 11.6 Å². The van der Waals surface area contributed by atoms with Crippen molar-refractivity contribution in [2.75, 3.05) is 46.9 Å². The molecule has 0 spiro atoms. The summed E-state index contributed by atoms with van der Waals surface area (Å²) in [6.07, 6.45) is -0.105. The van der Waals surface area contributed by atoms with Gasteiger partial charge in [0.05, 0.1) is 32.5 Å². The molecule has 190 valence electrons. The summed E-state index contributed by atoms with van der Waals surface area (Å²) in [6.45, 7) is 6.16. The van der Waals surface area contributed by atoms with Crippen molar-refractivity contribution in [3.63, 3.8) is 0 Å². The SMILES string of the molecule is COc1ccc(C(=O)N2CCN(CC(OCc3cccc(C)c3)c3ccc(Cl)cc3)CC2)c(OC)c1. The van der Waals surface area contributed by atoms with E-state index < -0.39 is 0 Å². The van der Waals surface area contributed by atoms with Gasteiger partial charge in [-0.25, -0.2) is 0 Å². The molecule has 0 N–H and O–H groups in total. The first-order chi connectivity index (χ1) is 17.5. The molecule has 1 amide bonds.